The fourth-order valence-corrected chi connectivity index (χ4v) is 4.42. The Kier molecular flexibility index (Phi) is 3.04. The lowest BCUT2D eigenvalue weighted by Crippen LogP contribution is -2.66. The molecular formula is C17H19NO5. The van der Waals surface area contributed by atoms with Crippen LogP contribution in [0.2, 0.25) is 0 Å². The maximum Gasteiger partial charge on any atom is 0.306 e. The first-order valence-corrected chi connectivity index (χ1v) is 7.95. The number of carbonyl (C=O) groups excluding carboxylic acids is 1. The molecule has 6 heteroatoms. The Morgan fingerprint density at radius 2 is 2.26 bits per heavy atom. The van der Waals surface area contributed by atoms with Gasteiger partial charge in [-0.1, -0.05) is 0 Å². The molecule has 6 nitrogen and oxygen atoms in total. The van der Waals surface area contributed by atoms with Gasteiger partial charge in [0.1, 0.15) is 11.5 Å². The molecule has 0 unspecified atom stereocenters. The molecule has 4 aliphatic rings. The van der Waals surface area contributed by atoms with Gasteiger partial charge < -0.3 is 19.9 Å². The number of carboxylic acids is 1. The molecule has 1 amide bonds. The number of benzene rings is 1. The van der Waals surface area contributed by atoms with Gasteiger partial charge in [0.15, 0.2) is 5.72 Å². The molecule has 3 saturated carbocycles. The molecule has 1 heterocycles. The van der Waals surface area contributed by atoms with Crippen molar-refractivity contribution in [2.75, 3.05) is 7.11 Å². The van der Waals surface area contributed by atoms with Crippen LogP contribution >= 0.6 is 0 Å². The topological polar surface area (TPSA) is 84.9 Å². The van der Waals surface area contributed by atoms with Gasteiger partial charge in [0.05, 0.1) is 18.6 Å². The Hall–Kier alpha value is -2.24. The van der Waals surface area contributed by atoms with Crippen LogP contribution in [0.4, 0.5) is 0 Å². The highest BCUT2D eigenvalue weighted by Gasteiger charge is 2.57. The number of carboxylic acid groups (broad SMARTS) is 1. The number of hydrogen-bond acceptors (Lipinski definition) is 4. The molecule has 1 aromatic rings. The maximum absolute atomic E-state index is 12.5. The fourth-order valence-electron chi connectivity index (χ4n) is 4.42. The van der Waals surface area contributed by atoms with Crippen molar-refractivity contribution < 1.29 is 24.2 Å². The second-order valence-corrected chi connectivity index (χ2v) is 6.73. The van der Waals surface area contributed by atoms with E-state index in [2.05, 4.69) is 5.32 Å². The zero-order chi connectivity index (χ0) is 16.2. The highest BCUT2D eigenvalue weighted by Crippen LogP contribution is 2.52. The van der Waals surface area contributed by atoms with E-state index in [1.165, 1.54) is 0 Å². The minimum absolute atomic E-state index is 0.0249. The molecule has 23 heavy (non-hydrogen) atoms. The predicted molar refractivity (Wildman–Crippen MR) is 80.4 cm³/mol. The van der Waals surface area contributed by atoms with Crippen LogP contribution in [0.1, 0.15) is 36.0 Å². The molecule has 1 aromatic carbocycles. The van der Waals surface area contributed by atoms with Crippen LogP contribution < -0.4 is 14.8 Å². The lowest BCUT2D eigenvalue weighted by atomic mass is 9.60. The number of aliphatic carboxylic acids is 1. The third-order valence-electron chi connectivity index (χ3n) is 5.59. The molecule has 1 spiro atoms. The van der Waals surface area contributed by atoms with Crippen molar-refractivity contribution in [1.29, 1.82) is 0 Å². The summed E-state index contributed by atoms with van der Waals surface area (Å²) < 4.78 is 11.4. The van der Waals surface area contributed by atoms with Crippen LogP contribution in [0, 0.1) is 17.8 Å². The number of nitrogens with one attached hydrogen (secondary N) is 1. The molecular weight excluding hydrogens is 298 g/mol. The minimum atomic E-state index is -0.773. The number of carbonyl (C=O) groups is 2. The summed E-state index contributed by atoms with van der Waals surface area (Å²) in [5.41, 5.74) is -0.279. The van der Waals surface area contributed by atoms with E-state index in [-0.39, 0.29) is 23.7 Å². The zero-order valence-electron chi connectivity index (χ0n) is 12.9. The third-order valence-corrected chi connectivity index (χ3v) is 5.59. The molecule has 4 atom stereocenters. The number of fused-ring (bicyclic) bond motifs is 3. The Morgan fingerprint density at radius 1 is 1.43 bits per heavy atom. The zero-order valence-corrected chi connectivity index (χ0v) is 12.9. The first-order chi connectivity index (χ1) is 11.0. The molecule has 3 aliphatic carbocycles. The Bertz CT molecular complexity index is 688. The predicted octanol–water partition coefficient (Wildman–Crippen LogP) is 2.03. The molecule has 2 bridgehead atoms. The van der Waals surface area contributed by atoms with Crippen molar-refractivity contribution in [3.05, 3.63) is 23.8 Å². The first-order valence-electron chi connectivity index (χ1n) is 7.95. The summed E-state index contributed by atoms with van der Waals surface area (Å²) >= 11 is 0. The maximum atomic E-state index is 12.5. The van der Waals surface area contributed by atoms with Gasteiger partial charge in [-0.05, 0) is 37.3 Å². The Labute approximate surface area is 133 Å². The van der Waals surface area contributed by atoms with E-state index in [1.807, 2.05) is 0 Å². The van der Waals surface area contributed by atoms with Gasteiger partial charge in [-0.15, -0.1) is 0 Å². The van der Waals surface area contributed by atoms with Crippen molar-refractivity contribution in [2.24, 2.45) is 17.8 Å². The lowest BCUT2D eigenvalue weighted by molar-refractivity contribution is -0.161. The largest absolute Gasteiger partial charge is 0.497 e. The van der Waals surface area contributed by atoms with Crippen molar-refractivity contribution in [3.63, 3.8) is 0 Å². The highest BCUT2D eigenvalue weighted by atomic mass is 16.5. The van der Waals surface area contributed by atoms with Crippen LogP contribution in [-0.4, -0.2) is 29.8 Å². The van der Waals surface area contributed by atoms with E-state index in [1.54, 1.807) is 25.3 Å². The molecule has 3 fully saturated rings. The van der Waals surface area contributed by atoms with Crippen molar-refractivity contribution in [2.45, 2.75) is 31.4 Å². The van der Waals surface area contributed by atoms with Gasteiger partial charge in [0, 0.05) is 18.4 Å². The summed E-state index contributed by atoms with van der Waals surface area (Å²) in [6, 6.07) is 5.15. The standard InChI is InChI=1S/C17H19NO5/c1-22-11-4-5-12-14(7-11)23-17(18-15(12)19)8-9-2-3-10(17)6-13(9)16(20)21/h4-5,7,9-10,13H,2-3,6,8H2,1H3,(H,18,19)(H,20,21)/t9-,10+,13-,17+/m0/s1. The second kappa shape index (κ2) is 4.88. The lowest BCUT2D eigenvalue weighted by Gasteiger charge is -2.54. The summed E-state index contributed by atoms with van der Waals surface area (Å²) in [7, 11) is 1.57. The van der Waals surface area contributed by atoms with E-state index in [0.29, 0.717) is 29.9 Å². The summed E-state index contributed by atoms with van der Waals surface area (Å²) in [5, 5.41) is 12.4. The number of ether oxygens (including phenoxy) is 2. The van der Waals surface area contributed by atoms with Crippen LogP contribution in [0.3, 0.4) is 0 Å². The normalized spacial score (nSPS) is 34.5. The van der Waals surface area contributed by atoms with Crippen LogP contribution in [0.5, 0.6) is 11.5 Å². The molecule has 0 radical (unpaired) electrons. The van der Waals surface area contributed by atoms with E-state index in [9.17, 15) is 14.7 Å². The quantitative estimate of drug-likeness (QED) is 0.872. The van der Waals surface area contributed by atoms with Crippen molar-refractivity contribution in [1.82, 2.24) is 5.32 Å². The van der Waals surface area contributed by atoms with Crippen molar-refractivity contribution in [3.8, 4) is 11.5 Å². The molecule has 1 aliphatic heterocycles. The van der Waals surface area contributed by atoms with Gasteiger partial charge in [-0.2, -0.15) is 0 Å². The van der Waals surface area contributed by atoms with Gasteiger partial charge in [-0.25, -0.2) is 0 Å². The number of hydrogen-bond donors (Lipinski definition) is 2. The highest BCUT2D eigenvalue weighted by molar-refractivity contribution is 5.98. The summed E-state index contributed by atoms with van der Waals surface area (Å²) in [6.07, 6.45) is 2.87. The number of methoxy groups -OCH3 is 1. The minimum Gasteiger partial charge on any atom is -0.497 e. The van der Waals surface area contributed by atoms with E-state index in [0.717, 1.165) is 12.8 Å². The third kappa shape index (κ3) is 2.08. The van der Waals surface area contributed by atoms with Crippen LogP contribution in [0.15, 0.2) is 18.2 Å². The second-order valence-electron chi connectivity index (χ2n) is 6.73. The summed E-state index contributed by atoms with van der Waals surface area (Å²) in [6.45, 7) is 0. The molecule has 122 valence electrons. The van der Waals surface area contributed by atoms with Crippen LogP contribution in [-0.2, 0) is 4.79 Å². The Morgan fingerprint density at radius 3 is 2.91 bits per heavy atom. The number of amides is 1. The smallest absolute Gasteiger partial charge is 0.306 e. The SMILES string of the molecule is COc1ccc2c(c1)O[C@@]1(C[C@@H]3CC[C@@H]1C[C@@H]3C(=O)O)NC2=O. The van der Waals surface area contributed by atoms with Crippen LogP contribution in [0.25, 0.3) is 0 Å². The summed E-state index contributed by atoms with van der Waals surface area (Å²) in [5.74, 6) is 0.00559. The summed E-state index contributed by atoms with van der Waals surface area (Å²) in [4.78, 5) is 23.9. The van der Waals surface area contributed by atoms with Gasteiger partial charge in [-0.3, -0.25) is 9.59 Å². The van der Waals surface area contributed by atoms with Gasteiger partial charge >= 0.3 is 5.97 Å². The van der Waals surface area contributed by atoms with Gasteiger partial charge in [0.2, 0.25) is 0 Å². The molecule has 5 rings (SSSR count). The first kappa shape index (κ1) is 14.4. The number of rotatable bonds is 2. The van der Waals surface area contributed by atoms with E-state index in [4.69, 9.17) is 9.47 Å². The molecule has 2 N–H and O–H groups in total. The van der Waals surface area contributed by atoms with Crippen molar-refractivity contribution >= 4 is 11.9 Å². The average molecular weight is 317 g/mol. The Balaban J connectivity index is 1.69. The molecule has 0 aromatic heterocycles. The van der Waals surface area contributed by atoms with E-state index >= 15 is 0 Å². The molecule has 0 saturated heterocycles. The van der Waals surface area contributed by atoms with Gasteiger partial charge in [0.25, 0.3) is 5.91 Å². The fraction of sp³-hybridized carbons (Fsp3) is 0.529. The van der Waals surface area contributed by atoms with E-state index < -0.39 is 11.7 Å². The average Bonchev–Trinajstić information content (AvgIpc) is 2.54. The monoisotopic (exact) mass is 317 g/mol.